The van der Waals surface area contributed by atoms with Gasteiger partial charge in [0.2, 0.25) is 6.10 Å². The first-order valence-electron chi connectivity index (χ1n) is 6.72. The Morgan fingerprint density at radius 1 is 1.20 bits per heavy atom. The Morgan fingerprint density at radius 3 is 2.60 bits per heavy atom. The number of para-hydroxylation sites is 2. The van der Waals surface area contributed by atoms with Crippen molar-refractivity contribution in [3.63, 3.8) is 0 Å². The zero-order chi connectivity index (χ0) is 14.1. The van der Waals surface area contributed by atoms with E-state index < -0.39 is 12.1 Å². The number of hydrogen-bond donors (Lipinski definition) is 1. The Labute approximate surface area is 116 Å². The van der Waals surface area contributed by atoms with Gasteiger partial charge in [-0.2, -0.15) is 0 Å². The number of nitrogens with zero attached hydrogens (tertiary/aromatic N) is 2. The Kier molecular flexibility index (Phi) is 3.22. The molecule has 2 aliphatic rings. The molecule has 1 saturated heterocycles. The maximum atomic E-state index is 12.5. The summed E-state index contributed by atoms with van der Waals surface area (Å²) in [4.78, 5) is 27.0. The molecule has 1 aromatic rings. The van der Waals surface area contributed by atoms with Gasteiger partial charge in [0.1, 0.15) is 5.75 Å². The third kappa shape index (κ3) is 2.17. The Bertz CT molecular complexity index is 540. The summed E-state index contributed by atoms with van der Waals surface area (Å²) in [5.74, 6) is -0.613. The van der Waals surface area contributed by atoms with Crippen molar-refractivity contribution in [2.75, 3.05) is 24.5 Å². The number of rotatable bonds is 1. The molecule has 2 heterocycles. The average molecular weight is 276 g/mol. The van der Waals surface area contributed by atoms with E-state index in [0.717, 1.165) is 25.9 Å². The van der Waals surface area contributed by atoms with E-state index >= 15 is 0 Å². The first kappa shape index (κ1) is 12.8. The first-order valence-corrected chi connectivity index (χ1v) is 6.72. The fraction of sp³-hybridized carbons (Fsp3) is 0.429. The molecule has 0 bridgehead atoms. The molecule has 2 amide bonds. The number of aliphatic carboxylic acids is 1. The highest BCUT2D eigenvalue weighted by Gasteiger charge is 2.35. The van der Waals surface area contributed by atoms with Crippen LogP contribution in [0.4, 0.5) is 10.5 Å². The number of anilines is 1. The zero-order valence-electron chi connectivity index (χ0n) is 11.0. The smallest absolute Gasteiger partial charge is 0.346 e. The highest BCUT2D eigenvalue weighted by Crippen LogP contribution is 2.34. The van der Waals surface area contributed by atoms with Crippen molar-refractivity contribution in [2.45, 2.75) is 18.9 Å². The number of carboxylic acid groups (broad SMARTS) is 1. The van der Waals surface area contributed by atoms with E-state index in [9.17, 15) is 9.59 Å². The molecule has 1 aromatic carbocycles. The van der Waals surface area contributed by atoms with Gasteiger partial charge in [-0.05, 0) is 25.0 Å². The predicted molar refractivity (Wildman–Crippen MR) is 72.0 cm³/mol. The number of carbonyl (C=O) groups excluding carboxylic acids is 1. The van der Waals surface area contributed by atoms with Gasteiger partial charge in [-0.25, -0.2) is 9.59 Å². The molecule has 0 radical (unpaired) electrons. The Balaban J connectivity index is 1.91. The SMILES string of the molecule is O=C(O)C1CN(C(=O)N2CCCC2)c2ccccc2O1. The monoisotopic (exact) mass is 276 g/mol. The molecule has 2 aliphatic heterocycles. The second-order valence-electron chi connectivity index (χ2n) is 5.00. The highest BCUT2D eigenvalue weighted by molar-refractivity contribution is 5.95. The molecule has 1 atom stereocenters. The fourth-order valence-electron chi connectivity index (χ4n) is 2.62. The van der Waals surface area contributed by atoms with E-state index in [1.165, 1.54) is 4.90 Å². The van der Waals surface area contributed by atoms with Crippen LogP contribution in [0.15, 0.2) is 24.3 Å². The number of carboxylic acids is 1. The van der Waals surface area contributed by atoms with Gasteiger partial charge in [0.15, 0.2) is 0 Å². The lowest BCUT2D eigenvalue weighted by Crippen LogP contribution is -2.51. The van der Waals surface area contributed by atoms with Gasteiger partial charge < -0.3 is 14.7 Å². The zero-order valence-corrected chi connectivity index (χ0v) is 11.0. The molecule has 0 aliphatic carbocycles. The molecular formula is C14H16N2O4. The number of benzene rings is 1. The van der Waals surface area contributed by atoms with Crippen LogP contribution >= 0.6 is 0 Å². The van der Waals surface area contributed by atoms with E-state index in [1.54, 1.807) is 23.1 Å². The average Bonchev–Trinajstić information content (AvgIpc) is 2.99. The van der Waals surface area contributed by atoms with Crippen molar-refractivity contribution in [1.82, 2.24) is 4.90 Å². The van der Waals surface area contributed by atoms with Gasteiger partial charge in [-0.1, -0.05) is 12.1 Å². The summed E-state index contributed by atoms with van der Waals surface area (Å²) in [6, 6.07) is 6.91. The van der Waals surface area contributed by atoms with Crippen LogP contribution in [-0.4, -0.2) is 47.7 Å². The number of hydrogen-bond acceptors (Lipinski definition) is 3. The lowest BCUT2D eigenvalue weighted by atomic mass is 10.2. The van der Waals surface area contributed by atoms with Gasteiger partial charge in [-0.3, -0.25) is 4.90 Å². The largest absolute Gasteiger partial charge is 0.478 e. The van der Waals surface area contributed by atoms with E-state index in [2.05, 4.69) is 0 Å². The number of fused-ring (bicyclic) bond motifs is 1. The molecule has 0 aromatic heterocycles. The molecule has 1 fully saturated rings. The van der Waals surface area contributed by atoms with Crippen molar-refractivity contribution in [2.24, 2.45) is 0 Å². The van der Waals surface area contributed by atoms with Gasteiger partial charge in [0, 0.05) is 13.1 Å². The second kappa shape index (κ2) is 5.03. The molecule has 1 unspecified atom stereocenters. The van der Waals surface area contributed by atoms with Crippen LogP contribution in [0.2, 0.25) is 0 Å². The summed E-state index contributed by atoms with van der Waals surface area (Å²) in [6.07, 6.45) is 0.983. The van der Waals surface area contributed by atoms with Gasteiger partial charge >= 0.3 is 12.0 Å². The molecule has 106 valence electrons. The lowest BCUT2D eigenvalue weighted by molar-refractivity contribution is -0.144. The molecule has 3 rings (SSSR count). The van der Waals surface area contributed by atoms with Crippen LogP contribution in [0.25, 0.3) is 0 Å². The maximum absolute atomic E-state index is 12.5. The number of urea groups is 1. The third-order valence-corrected chi connectivity index (χ3v) is 3.66. The van der Waals surface area contributed by atoms with E-state index in [4.69, 9.17) is 9.84 Å². The van der Waals surface area contributed by atoms with Crippen LogP contribution < -0.4 is 9.64 Å². The molecule has 20 heavy (non-hydrogen) atoms. The van der Waals surface area contributed by atoms with Crippen LogP contribution in [0.1, 0.15) is 12.8 Å². The topological polar surface area (TPSA) is 70.1 Å². The maximum Gasteiger partial charge on any atom is 0.346 e. The van der Waals surface area contributed by atoms with Crippen molar-refractivity contribution in [1.29, 1.82) is 0 Å². The molecule has 6 nitrogen and oxygen atoms in total. The molecule has 6 heteroatoms. The Morgan fingerprint density at radius 2 is 1.90 bits per heavy atom. The fourth-order valence-corrected chi connectivity index (χ4v) is 2.62. The lowest BCUT2D eigenvalue weighted by Gasteiger charge is -2.35. The highest BCUT2D eigenvalue weighted by atomic mass is 16.5. The number of ether oxygens (including phenoxy) is 1. The molecular weight excluding hydrogens is 260 g/mol. The van der Waals surface area contributed by atoms with E-state index in [-0.39, 0.29) is 12.6 Å². The van der Waals surface area contributed by atoms with Gasteiger partial charge in [0.05, 0.1) is 12.2 Å². The standard InChI is InChI=1S/C14H16N2O4/c17-13(18)12-9-16(14(19)15-7-3-4-8-15)10-5-1-2-6-11(10)20-12/h1-2,5-6,12H,3-4,7-9H2,(H,17,18). The molecule has 1 N–H and O–H groups in total. The van der Waals surface area contributed by atoms with Crippen molar-refractivity contribution < 1.29 is 19.4 Å². The van der Waals surface area contributed by atoms with Crippen LogP contribution in [0.5, 0.6) is 5.75 Å². The summed E-state index contributed by atoms with van der Waals surface area (Å²) in [5, 5.41) is 9.15. The minimum Gasteiger partial charge on any atom is -0.478 e. The second-order valence-corrected chi connectivity index (χ2v) is 5.00. The van der Waals surface area contributed by atoms with E-state index in [1.807, 2.05) is 6.07 Å². The first-order chi connectivity index (χ1) is 9.66. The van der Waals surface area contributed by atoms with Crippen LogP contribution in [0, 0.1) is 0 Å². The quantitative estimate of drug-likeness (QED) is 0.845. The van der Waals surface area contributed by atoms with Crippen molar-refractivity contribution >= 4 is 17.7 Å². The van der Waals surface area contributed by atoms with Gasteiger partial charge in [0.25, 0.3) is 0 Å². The number of amides is 2. The summed E-state index contributed by atoms with van der Waals surface area (Å²) < 4.78 is 5.42. The van der Waals surface area contributed by atoms with Crippen LogP contribution in [0.3, 0.4) is 0 Å². The summed E-state index contributed by atoms with van der Waals surface area (Å²) in [7, 11) is 0. The number of carbonyl (C=O) groups is 2. The van der Waals surface area contributed by atoms with Crippen LogP contribution in [-0.2, 0) is 4.79 Å². The summed E-state index contributed by atoms with van der Waals surface area (Å²) in [6.45, 7) is 1.51. The minimum absolute atomic E-state index is 0.0433. The van der Waals surface area contributed by atoms with Crippen molar-refractivity contribution in [3.8, 4) is 5.75 Å². The Hall–Kier alpha value is -2.24. The minimum atomic E-state index is -1.06. The molecule has 0 saturated carbocycles. The van der Waals surface area contributed by atoms with E-state index in [0.29, 0.717) is 11.4 Å². The predicted octanol–water partition coefficient (Wildman–Crippen LogP) is 1.55. The van der Waals surface area contributed by atoms with Gasteiger partial charge in [-0.15, -0.1) is 0 Å². The normalized spacial score (nSPS) is 21.3. The van der Waals surface area contributed by atoms with Crippen molar-refractivity contribution in [3.05, 3.63) is 24.3 Å². The molecule has 0 spiro atoms. The summed E-state index contributed by atoms with van der Waals surface area (Å²) >= 11 is 0. The summed E-state index contributed by atoms with van der Waals surface area (Å²) in [5.41, 5.74) is 0.641. The third-order valence-electron chi connectivity index (χ3n) is 3.66. The number of likely N-dealkylation sites (tertiary alicyclic amines) is 1.